The average molecular weight is 210 g/mol. The van der Waals surface area contributed by atoms with Crippen LogP contribution in [0.15, 0.2) is 35.6 Å². The highest BCUT2D eigenvalue weighted by atomic mass is 28.4. The van der Waals surface area contributed by atoms with Gasteiger partial charge in [-0.1, -0.05) is 17.7 Å². The summed E-state index contributed by atoms with van der Waals surface area (Å²) in [5.74, 6) is 0.941. The van der Waals surface area contributed by atoms with E-state index in [1.165, 1.54) is 5.57 Å². The second-order valence-electron chi connectivity index (χ2n) is 4.83. The van der Waals surface area contributed by atoms with Crippen molar-refractivity contribution in [1.29, 1.82) is 0 Å². The largest absolute Gasteiger partial charge is 0.544 e. The minimum atomic E-state index is -1.51. The molecule has 0 N–H and O–H groups in total. The maximum Gasteiger partial charge on any atom is 0.242 e. The van der Waals surface area contributed by atoms with Gasteiger partial charge in [0.25, 0.3) is 0 Å². The fourth-order valence-electron chi connectivity index (χ4n) is 0.982. The molecule has 0 atom stereocenters. The van der Waals surface area contributed by atoms with E-state index in [2.05, 4.69) is 46.1 Å². The van der Waals surface area contributed by atoms with Crippen LogP contribution in [0.25, 0.3) is 0 Å². The van der Waals surface area contributed by atoms with Gasteiger partial charge in [0.05, 0.1) is 0 Å². The maximum absolute atomic E-state index is 5.92. The molecule has 80 valence electrons. The Bertz CT molecular complexity index is 263. The van der Waals surface area contributed by atoms with Gasteiger partial charge in [0, 0.05) is 0 Å². The summed E-state index contributed by atoms with van der Waals surface area (Å²) >= 11 is 0. The van der Waals surface area contributed by atoms with E-state index in [0.29, 0.717) is 0 Å². The molecule has 0 amide bonds. The Morgan fingerprint density at radius 1 is 1.07 bits per heavy atom. The first-order valence-corrected chi connectivity index (χ1v) is 8.32. The lowest BCUT2D eigenvalue weighted by Gasteiger charge is -2.20. The molecule has 1 nitrogen and oxygen atoms in total. The monoisotopic (exact) mass is 210 g/mol. The molecule has 0 aromatic heterocycles. The van der Waals surface area contributed by atoms with Crippen LogP contribution in [-0.4, -0.2) is 8.32 Å². The van der Waals surface area contributed by atoms with Crippen molar-refractivity contribution in [3.05, 3.63) is 35.6 Å². The van der Waals surface area contributed by atoms with Crippen molar-refractivity contribution in [1.82, 2.24) is 0 Å². The number of allylic oxidation sites excluding steroid dienone is 4. The molecule has 0 fully saturated rings. The summed E-state index contributed by atoms with van der Waals surface area (Å²) in [5, 5.41) is 0. The quantitative estimate of drug-likeness (QED) is 0.382. The summed E-state index contributed by atoms with van der Waals surface area (Å²) in [4.78, 5) is 0. The summed E-state index contributed by atoms with van der Waals surface area (Å²) in [6.45, 7) is 16.5. The van der Waals surface area contributed by atoms with Crippen LogP contribution < -0.4 is 0 Å². The molecule has 0 aromatic carbocycles. The smallest absolute Gasteiger partial charge is 0.242 e. The second kappa shape index (κ2) is 5.20. The predicted molar refractivity (Wildman–Crippen MR) is 66.8 cm³/mol. The van der Waals surface area contributed by atoms with Gasteiger partial charge in [-0.15, -0.1) is 0 Å². The molecule has 0 aliphatic carbocycles. The molecule has 14 heavy (non-hydrogen) atoms. The van der Waals surface area contributed by atoms with Gasteiger partial charge in [-0.25, -0.2) is 0 Å². The summed E-state index contributed by atoms with van der Waals surface area (Å²) in [5.41, 5.74) is 2.27. The SMILES string of the molecule is C=C(C)/C=C(/C=C(C)C)O[Si](C)(C)C. The van der Waals surface area contributed by atoms with E-state index in [4.69, 9.17) is 4.43 Å². The van der Waals surface area contributed by atoms with Gasteiger partial charge >= 0.3 is 0 Å². The standard InChI is InChI=1S/C12H22OSi/c1-10(2)8-12(9-11(3)4)13-14(5,6)7/h8-9H,1H2,2-7H3/b12-8-. The van der Waals surface area contributed by atoms with Crippen molar-refractivity contribution in [2.45, 2.75) is 40.4 Å². The predicted octanol–water partition coefficient (Wildman–Crippen LogP) is 4.26. The molecule has 0 spiro atoms. The average Bonchev–Trinajstić information content (AvgIpc) is 1.77. The van der Waals surface area contributed by atoms with Crippen molar-refractivity contribution in [2.75, 3.05) is 0 Å². The van der Waals surface area contributed by atoms with Gasteiger partial charge in [0.1, 0.15) is 5.76 Å². The van der Waals surface area contributed by atoms with E-state index in [0.717, 1.165) is 11.3 Å². The lowest BCUT2D eigenvalue weighted by Crippen LogP contribution is -2.24. The van der Waals surface area contributed by atoms with Crippen LogP contribution in [0.4, 0.5) is 0 Å². The molecule has 0 heterocycles. The maximum atomic E-state index is 5.92. The van der Waals surface area contributed by atoms with Gasteiger partial charge in [-0.3, -0.25) is 0 Å². The molecule has 2 heteroatoms. The molecule has 0 unspecified atom stereocenters. The molecule has 0 saturated heterocycles. The lowest BCUT2D eigenvalue weighted by molar-refractivity contribution is 0.440. The third-order valence-corrected chi connectivity index (χ3v) is 2.09. The van der Waals surface area contributed by atoms with Crippen LogP contribution in [0.2, 0.25) is 19.6 Å². The van der Waals surface area contributed by atoms with Crippen molar-refractivity contribution >= 4 is 8.32 Å². The minimum absolute atomic E-state index is 0.941. The first kappa shape index (κ1) is 13.2. The van der Waals surface area contributed by atoms with E-state index in [9.17, 15) is 0 Å². The highest BCUT2D eigenvalue weighted by Gasteiger charge is 2.16. The Hall–Kier alpha value is -0.763. The van der Waals surface area contributed by atoms with Crippen LogP contribution in [0.3, 0.4) is 0 Å². The van der Waals surface area contributed by atoms with E-state index in [1.54, 1.807) is 0 Å². The zero-order valence-electron chi connectivity index (χ0n) is 10.3. The van der Waals surface area contributed by atoms with E-state index in [-0.39, 0.29) is 0 Å². The van der Waals surface area contributed by atoms with Crippen molar-refractivity contribution in [3.63, 3.8) is 0 Å². The fraction of sp³-hybridized carbons (Fsp3) is 0.500. The first-order chi connectivity index (χ1) is 6.20. The Kier molecular flexibility index (Phi) is 4.92. The normalized spacial score (nSPS) is 12.3. The first-order valence-electron chi connectivity index (χ1n) is 4.92. The van der Waals surface area contributed by atoms with Gasteiger partial charge in [0.2, 0.25) is 8.32 Å². The summed E-state index contributed by atoms with van der Waals surface area (Å²) in [6.07, 6.45) is 4.05. The number of hydrogen-bond acceptors (Lipinski definition) is 1. The molecule has 0 rings (SSSR count). The van der Waals surface area contributed by atoms with Gasteiger partial charge in [0.15, 0.2) is 0 Å². The van der Waals surface area contributed by atoms with Gasteiger partial charge < -0.3 is 4.43 Å². The zero-order valence-corrected chi connectivity index (χ0v) is 11.3. The number of hydrogen-bond donors (Lipinski definition) is 0. The molecule has 0 saturated carbocycles. The minimum Gasteiger partial charge on any atom is -0.544 e. The third-order valence-electron chi connectivity index (χ3n) is 1.24. The zero-order chi connectivity index (χ0) is 11.4. The topological polar surface area (TPSA) is 9.23 Å². The van der Waals surface area contributed by atoms with E-state index in [1.807, 2.05) is 13.0 Å². The molecule has 0 aromatic rings. The Morgan fingerprint density at radius 2 is 1.57 bits per heavy atom. The number of rotatable bonds is 4. The van der Waals surface area contributed by atoms with Crippen LogP contribution in [-0.2, 0) is 4.43 Å². The van der Waals surface area contributed by atoms with Crippen molar-refractivity contribution in [2.24, 2.45) is 0 Å². The molecule has 0 bridgehead atoms. The van der Waals surface area contributed by atoms with Crippen molar-refractivity contribution in [3.8, 4) is 0 Å². The van der Waals surface area contributed by atoms with Gasteiger partial charge in [-0.05, 0) is 52.6 Å². The van der Waals surface area contributed by atoms with E-state index >= 15 is 0 Å². The Morgan fingerprint density at radius 3 is 1.86 bits per heavy atom. The highest BCUT2D eigenvalue weighted by molar-refractivity contribution is 6.70. The summed E-state index contributed by atoms with van der Waals surface area (Å²) in [6, 6.07) is 0. The van der Waals surface area contributed by atoms with E-state index < -0.39 is 8.32 Å². The Labute approximate surface area is 89.3 Å². The van der Waals surface area contributed by atoms with Crippen LogP contribution in [0.5, 0.6) is 0 Å². The molecule has 0 aliphatic heterocycles. The summed E-state index contributed by atoms with van der Waals surface area (Å²) in [7, 11) is -1.51. The molecule has 0 aliphatic rings. The van der Waals surface area contributed by atoms with Crippen LogP contribution >= 0.6 is 0 Å². The fourth-order valence-corrected chi connectivity index (χ4v) is 1.81. The molecular formula is C12H22OSi. The summed E-state index contributed by atoms with van der Waals surface area (Å²) < 4.78 is 5.92. The molecular weight excluding hydrogens is 188 g/mol. The third kappa shape index (κ3) is 7.86. The van der Waals surface area contributed by atoms with Crippen LogP contribution in [0, 0.1) is 0 Å². The second-order valence-corrected chi connectivity index (χ2v) is 9.26. The van der Waals surface area contributed by atoms with Crippen molar-refractivity contribution < 1.29 is 4.43 Å². The van der Waals surface area contributed by atoms with Gasteiger partial charge in [-0.2, -0.15) is 0 Å². The highest BCUT2D eigenvalue weighted by Crippen LogP contribution is 2.14. The molecule has 0 radical (unpaired) electrons. The lowest BCUT2D eigenvalue weighted by atomic mass is 10.2. The van der Waals surface area contributed by atoms with Crippen LogP contribution in [0.1, 0.15) is 20.8 Å². The Balaban J connectivity index is 4.76.